The molecule has 0 aliphatic carbocycles. The van der Waals surface area contributed by atoms with Crippen molar-refractivity contribution in [1.29, 1.82) is 0 Å². The molecule has 0 aromatic carbocycles. The first-order valence-electron chi connectivity index (χ1n) is 5.61. The second-order valence-electron chi connectivity index (χ2n) is 3.92. The summed E-state index contributed by atoms with van der Waals surface area (Å²) in [7, 11) is 0. The van der Waals surface area contributed by atoms with Crippen molar-refractivity contribution >= 4 is 22.4 Å². The summed E-state index contributed by atoms with van der Waals surface area (Å²) in [6.45, 7) is 5.43. The zero-order valence-electron chi connectivity index (χ0n) is 9.60. The second-order valence-corrected chi connectivity index (χ2v) is 4.76. The van der Waals surface area contributed by atoms with E-state index in [1.54, 1.807) is 12.3 Å². The molecule has 0 spiro atoms. The highest BCUT2D eigenvalue weighted by atomic mass is 32.1. The zero-order chi connectivity index (χ0) is 11.5. The largest absolute Gasteiger partial charge is 0.461 e. The Morgan fingerprint density at radius 1 is 1.75 bits per heavy atom. The Bertz CT molecular complexity index is 378. The van der Waals surface area contributed by atoms with E-state index in [4.69, 9.17) is 4.74 Å². The minimum atomic E-state index is -0.322. The third-order valence-electron chi connectivity index (χ3n) is 2.78. The van der Waals surface area contributed by atoms with Crippen LogP contribution in [-0.2, 0) is 4.74 Å². The summed E-state index contributed by atoms with van der Waals surface area (Å²) in [5, 5.41) is 2.71. The van der Waals surface area contributed by atoms with Crippen molar-refractivity contribution in [2.24, 2.45) is 0 Å². The predicted octanol–water partition coefficient (Wildman–Crippen LogP) is 2.31. The minimum absolute atomic E-state index is 0.322. The van der Waals surface area contributed by atoms with Gasteiger partial charge in [0.25, 0.3) is 0 Å². The Balaban J connectivity index is 2.10. The molecule has 1 aromatic heterocycles. The highest BCUT2D eigenvalue weighted by Gasteiger charge is 2.24. The standard InChI is InChI=1S/C11H16N2O2S/c1-3-15-10(14)9-7-16-11(12-9)13-6-4-5-8(13)2/h7-8H,3-6H2,1-2H3. The van der Waals surface area contributed by atoms with Crippen LogP contribution in [0.3, 0.4) is 0 Å². The van der Waals surface area contributed by atoms with Gasteiger partial charge in [0.1, 0.15) is 0 Å². The van der Waals surface area contributed by atoms with Gasteiger partial charge < -0.3 is 9.64 Å². The molecule has 1 aromatic rings. The van der Waals surface area contributed by atoms with Crippen LogP contribution in [0, 0.1) is 0 Å². The predicted molar refractivity (Wildman–Crippen MR) is 64.1 cm³/mol. The van der Waals surface area contributed by atoms with Gasteiger partial charge in [-0.05, 0) is 26.7 Å². The molecule has 88 valence electrons. The summed E-state index contributed by atoms with van der Waals surface area (Å²) in [6, 6.07) is 0.529. The maximum atomic E-state index is 11.5. The lowest BCUT2D eigenvalue weighted by Gasteiger charge is -2.19. The number of hydrogen-bond acceptors (Lipinski definition) is 5. The molecule has 1 saturated heterocycles. The van der Waals surface area contributed by atoms with Crippen LogP contribution in [0.25, 0.3) is 0 Å². The lowest BCUT2D eigenvalue weighted by molar-refractivity contribution is 0.0520. The summed E-state index contributed by atoms with van der Waals surface area (Å²) >= 11 is 1.52. The molecule has 1 atom stereocenters. The van der Waals surface area contributed by atoms with Crippen LogP contribution in [0.4, 0.5) is 5.13 Å². The molecule has 1 aliphatic rings. The SMILES string of the molecule is CCOC(=O)c1csc(N2CCCC2C)n1. The van der Waals surface area contributed by atoms with E-state index in [0.29, 0.717) is 18.3 Å². The van der Waals surface area contributed by atoms with Crippen LogP contribution in [-0.4, -0.2) is 30.1 Å². The number of ether oxygens (including phenoxy) is 1. The highest BCUT2D eigenvalue weighted by molar-refractivity contribution is 7.13. The highest BCUT2D eigenvalue weighted by Crippen LogP contribution is 2.28. The van der Waals surface area contributed by atoms with E-state index >= 15 is 0 Å². The fourth-order valence-electron chi connectivity index (χ4n) is 1.91. The first-order valence-corrected chi connectivity index (χ1v) is 6.49. The number of carbonyl (C=O) groups is 1. The molecule has 1 aliphatic heterocycles. The molecule has 0 bridgehead atoms. The van der Waals surface area contributed by atoms with E-state index in [1.807, 2.05) is 0 Å². The van der Waals surface area contributed by atoms with Gasteiger partial charge in [-0.15, -0.1) is 11.3 Å². The Hall–Kier alpha value is -1.10. The topological polar surface area (TPSA) is 42.4 Å². The Morgan fingerprint density at radius 3 is 3.19 bits per heavy atom. The number of esters is 1. The van der Waals surface area contributed by atoms with Gasteiger partial charge >= 0.3 is 5.97 Å². The average Bonchev–Trinajstić information content (AvgIpc) is 2.86. The smallest absolute Gasteiger partial charge is 0.357 e. The Labute approximate surface area is 99.2 Å². The van der Waals surface area contributed by atoms with Gasteiger partial charge in [0.05, 0.1) is 6.61 Å². The first-order chi connectivity index (χ1) is 7.72. The van der Waals surface area contributed by atoms with Crippen molar-refractivity contribution in [2.75, 3.05) is 18.1 Å². The van der Waals surface area contributed by atoms with E-state index in [1.165, 1.54) is 24.2 Å². The van der Waals surface area contributed by atoms with Crippen LogP contribution in [0.5, 0.6) is 0 Å². The number of carbonyl (C=O) groups excluding carboxylic acids is 1. The van der Waals surface area contributed by atoms with Crippen LogP contribution in [0.1, 0.15) is 37.2 Å². The molecular weight excluding hydrogens is 224 g/mol. The molecule has 2 heterocycles. The molecule has 1 unspecified atom stereocenters. The van der Waals surface area contributed by atoms with Gasteiger partial charge in [-0.2, -0.15) is 0 Å². The average molecular weight is 240 g/mol. The van der Waals surface area contributed by atoms with Crippen LogP contribution in [0.15, 0.2) is 5.38 Å². The number of nitrogens with zero attached hydrogens (tertiary/aromatic N) is 2. The molecule has 1 fully saturated rings. The molecule has 0 saturated carbocycles. The number of rotatable bonds is 3. The van der Waals surface area contributed by atoms with Gasteiger partial charge in [0.2, 0.25) is 0 Å². The number of hydrogen-bond donors (Lipinski definition) is 0. The van der Waals surface area contributed by atoms with Crippen LogP contribution < -0.4 is 4.90 Å². The summed E-state index contributed by atoms with van der Waals surface area (Å²) < 4.78 is 4.92. The van der Waals surface area contributed by atoms with E-state index in [2.05, 4.69) is 16.8 Å². The lowest BCUT2D eigenvalue weighted by Crippen LogP contribution is -2.26. The van der Waals surface area contributed by atoms with E-state index < -0.39 is 0 Å². The quantitative estimate of drug-likeness (QED) is 0.760. The third-order valence-corrected chi connectivity index (χ3v) is 3.65. The molecule has 0 N–H and O–H groups in total. The lowest BCUT2D eigenvalue weighted by atomic mass is 10.2. The first kappa shape index (κ1) is 11.4. The van der Waals surface area contributed by atoms with Crippen molar-refractivity contribution in [3.05, 3.63) is 11.1 Å². The third kappa shape index (κ3) is 2.19. The number of thiazole rings is 1. The monoisotopic (exact) mass is 240 g/mol. The minimum Gasteiger partial charge on any atom is -0.461 e. The molecule has 2 rings (SSSR count). The van der Waals surface area contributed by atoms with Crippen LogP contribution >= 0.6 is 11.3 Å². The normalized spacial score (nSPS) is 20.1. The van der Waals surface area contributed by atoms with E-state index in [-0.39, 0.29) is 5.97 Å². The van der Waals surface area contributed by atoms with Crippen LogP contribution in [0.2, 0.25) is 0 Å². The molecule has 0 radical (unpaired) electrons. The van der Waals surface area contributed by atoms with Gasteiger partial charge in [-0.3, -0.25) is 0 Å². The summed E-state index contributed by atoms with van der Waals surface area (Å²) in [4.78, 5) is 18.0. The number of anilines is 1. The van der Waals surface area contributed by atoms with Crippen molar-refractivity contribution in [3.8, 4) is 0 Å². The van der Waals surface area contributed by atoms with Gasteiger partial charge in [0, 0.05) is 18.0 Å². The number of aromatic nitrogens is 1. The second kappa shape index (κ2) is 4.82. The Kier molecular flexibility index (Phi) is 3.43. The zero-order valence-corrected chi connectivity index (χ0v) is 10.4. The maximum Gasteiger partial charge on any atom is 0.357 e. The Morgan fingerprint density at radius 2 is 2.56 bits per heavy atom. The summed E-state index contributed by atoms with van der Waals surface area (Å²) in [6.07, 6.45) is 2.41. The van der Waals surface area contributed by atoms with Crippen molar-refractivity contribution in [2.45, 2.75) is 32.7 Å². The van der Waals surface area contributed by atoms with Crippen molar-refractivity contribution in [3.63, 3.8) is 0 Å². The fraction of sp³-hybridized carbons (Fsp3) is 0.636. The summed E-state index contributed by atoms with van der Waals surface area (Å²) in [5.41, 5.74) is 0.431. The summed E-state index contributed by atoms with van der Waals surface area (Å²) in [5.74, 6) is -0.322. The maximum absolute atomic E-state index is 11.5. The van der Waals surface area contributed by atoms with Crippen molar-refractivity contribution < 1.29 is 9.53 Å². The molecule has 16 heavy (non-hydrogen) atoms. The molecule has 5 heteroatoms. The van der Waals surface area contributed by atoms with Gasteiger partial charge in [-0.1, -0.05) is 0 Å². The van der Waals surface area contributed by atoms with Crippen molar-refractivity contribution in [1.82, 2.24) is 4.98 Å². The van der Waals surface area contributed by atoms with E-state index in [9.17, 15) is 4.79 Å². The molecular formula is C11H16N2O2S. The molecule has 0 amide bonds. The molecule has 4 nitrogen and oxygen atoms in total. The van der Waals surface area contributed by atoms with E-state index in [0.717, 1.165) is 11.7 Å². The van der Waals surface area contributed by atoms with Gasteiger partial charge in [0.15, 0.2) is 10.8 Å². The fourth-order valence-corrected chi connectivity index (χ4v) is 2.84. The van der Waals surface area contributed by atoms with Gasteiger partial charge in [-0.25, -0.2) is 9.78 Å².